The smallest absolute Gasteiger partial charge is 0.269 e. The molecule has 1 aliphatic heterocycles. The molecular formula is C24H37N2O3+. The Labute approximate surface area is 175 Å². The van der Waals surface area contributed by atoms with Gasteiger partial charge in [0.15, 0.2) is 5.71 Å². The Hall–Kier alpha value is -2.69. The summed E-state index contributed by atoms with van der Waals surface area (Å²) in [7, 11) is 2.05. The van der Waals surface area contributed by atoms with Gasteiger partial charge in [-0.1, -0.05) is 53.3 Å². The lowest BCUT2D eigenvalue weighted by Crippen LogP contribution is -2.29. The lowest BCUT2D eigenvalue weighted by molar-refractivity contribution is -0.404. The van der Waals surface area contributed by atoms with Gasteiger partial charge in [0, 0.05) is 35.7 Å². The van der Waals surface area contributed by atoms with E-state index in [-0.39, 0.29) is 24.3 Å². The highest BCUT2D eigenvalue weighted by Crippen LogP contribution is 2.40. The molecule has 0 atom stereocenters. The molecule has 0 fully saturated rings. The maximum Gasteiger partial charge on any atom is 0.269 e. The summed E-state index contributed by atoms with van der Waals surface area (Å²) in [4.78, 5) is 10.5. The number of nitrogens with zero attached hydrogens (tertiary/aromatic N) is 2. The number of nitro groups is 1. The molecule has 0 saturated heterocycles. The van der Waals surface area contributed by atoms with E-state index in [0.29, 0.717) is 12.0 Å². The third-order valence-corrected chi connectivity index (χ3v) is 4.97. The molecule has 0 saturated carbocycles. The van der Waals surface area contributed by atoms with Gasteiger partial charge < -0.3 is 5.11 Å². The first-order valence-electron chi connectivity index (χ1n) is 9.98. The molecule has 0 unspecified atom stereocenters. The number of phenolic OH excluding ortho intramolecular Hbond substituents is 1. The lowest BCUT2D eigenvalue weighted by atomic mass is 9.79. The molecule has 5 heteroatoms. The third-order valence-electron chi connectivity index (χ3n) is 4.97. The van der Waals surface area contributed by atoms with Crippen molar-refractivity contribution in [2.75, 3.05) is 7.05 Å². The molecule has 0 bridgehead atoms. The van der Waals surface area contributed by atoms with Crippen molar-refractivity contribution in [2.45, 2.75) is 67.2 Å². The molecule has 5 nitrogen and oxygen atoms in total. The van der Waals surface area contributed by atoms with Crippen molar-refractivity contribution in [1.29, 1.82) is 0 Å². The molecule has 1 heterocycles. The first-order valence-corrected chi connectivity index (χ1v) is 9.98. The highest BCUT2D eigenvalue weighted by Gasteiger charge is 2.43. The summed E-state index contributed by atoms with van der Waals surface area (Å²) in [5.74, 6) is 0.108. The number of nitro benzene ring substituents is 1. The van der Waals surface area contributed by atoms with Gasteiger partial charge in [-0.25, -0.2) is 4.58 Å². The Bertz CT molecular complexity index is 855. The molecule has 0 amide bonds. The zero-order chi connectivity index (χ0) is 21.5. The van der Waals surface area contributed by atoms with Crippen molar-refractivity contribution in [3.63, 3.8) is 0 Å². The van der Waals surface area contributed by atoms with Crippen LogP contribution in [-0.4, -0.2) is 27.4 Å². The van der Waals surface area contributed by atoms with Crippen LogP contribution in [0.3, 0.4) is 0 Å². The summed E-state index contributed by atoms with van der Waals surface area (Å²) in [5, 5.41) is 21.0. The molecule has 1 N–H and O–H groups in total. The predicted molar refractivity (Wildman–Crippen MR) is 123 cm³/mol. The molecule has 0 aliphatic carbocycles. The second kappa shape index (κ2) is 11.3. The van der Waals surface area contributed by atoms with Gasteiger partial charge in [0.1, 0.15) is 12.8 Å². The number of para-hydroxylation sites is 1. The fourth-order valence-electron chi connectivity index (χ4n) is 3.63. The Morgan fingerprint density at radius 3 is 2.17 bits per heavy atom. The number of phenols is 1. The van der Waals surface area contributed by atoms with Crippen LogP contribution in [0.15, 0.2) is 42.5 Å². The highest BCUT2D eigenvalue weighted by atomic mass is 16.6. The van der Waals surface area contributed by atoms with Gasteiger partial charge in [-0.3, -0.25) is 10.1 Å². The summed E-state index contributed by atoms with van der Waals surface area (Å²) in [5.41, 5.74) is 4.25. The van der Waals surface area contributed by atoms with Crippen LogP contribution < -0.4 is 0 Å². The van der Waals surface area contributed by atoms with Crippen LogP contribution in [0, 0.1) is 10.1 Å². The van der Waals surface area contributed by atoms with Crippen molar-refractivity contribution >= 4 is 17.1 Å². The quantitative estimate of drug-likeness (QED) is 0.355. The van der Waals surface area contributed by atoms with Gasteiger partial charge in [0.2, 0.25) is 5.69 Å². The van der Waals surface area contributed by atoms with Gasteiger partial charge >= 0.3 is 0 Å². The SMILES string of the molecule is C.CC.CC.C[N+]1=C(CCc2cc([N+](=O)[O-])ccc2O)C(C)(C)c2ccccc21. The van der Waals surface area contributed by atoms with E-state index < -0.39 is 4.92 Å². The Morgan fingerprint density at radius 2 is 1.62 bits per heavy atom. The van der Waals surface area contributed by atoms with Gasteiger partial charge in [0.05, 0.1) is 10.3 Å². The molecule has 0 spiro atoms. The standard InChI is InChI=1S/C19H20N2O3.2C2H6.CH4/c1-19(2)15-6-4-5-7-16(15)20(3)18(19)11-8-13-12-14(21(23)24)9-10-17(13)22;2*1-2;/h4-7,9-10,12H,8,11H2,1-3H3;2*1-2H3;1H4/p+1. The normalized spacial score (nSPS) is 13.2. The number of fused-ring (bicyclic) bond motifs is 1. The maximum absolute atomic E-state index is 10.9. The summed E-state index contributed by atoms with van der Waals surface area (Å²) < 4.78 is 2.20. The molecular weight excluding hydrogens is 364 g/mol. The van der Waals surface area contributed by atoms with Crippen molar-refractivity contribution in [2.24, 2.45) is 0 Å². The number of benzene rings is 2. The topological polar surface area (TPSA) is 66.4 Å². The summed E-state index contributed by atoms with van der Waals surface area (Å²) in [6.45, 7) is 12.4. The molecule has 29 heavy (non-hydrogen) atoms. The largest absolute Gasteiger partial charge is 0.508 e. The fraction of sp³-hybridized carbons (Fsp3) is 0.458. The van der Waals surface area contributed by atoms with Gasteiger partial charge in [-0.05, 0) is 26.3 Å². The minimum Gasteiger partial charge on any atom is -0.508 e. The average molecular weight is 402 g/mol. The van der Waals surface area contributed by atoms with Crippen LogP contribution in [0.4, 0.5) is 11.4 Å². The third kappa shape index (κ3) is 5.43. The van der Waals surface area contributed by atoms with Crippen LogP contribution in [0.2, 0.25) is 0 Å². The summed E-state index contributed by atoms with van der Waals surface area (Å²) in [6, 6.07) is 12.5. The first kappa shape index (κ1) is 26.3. The number of hydrogen-bond donors (Lipinski definition) is 1. The van der Waals surface area contributed by atoms with Crippen LogP contribution in [0.25, 0.3) is 0 Å². The molecule has 2 aromatic carbocycles. The van der Waals surface area contributed by atoms with Crippen LogP contribution in [-0.2, 0) is 11.8 Å². The average Bonchev–Trinajstić information content (AvgIpc) is 2.90. The molecule has 2 aromatic rings. The lowest BCUT2D eigenvalue weighted by Gasteiger charge is -2.17. The van der Waals surface area contributed by atoms with Crippen molar-refractivity contribution in [1.82, 2.24) is 0 Å². The zero-order valence-electron chi connectivity index (χ0n) is 18.1. The molecule has 1 aliphatic rings. The zero-order valence-corrected chi connectivity index (χ0v) is 18.1. The van der Waals surface area contributed by atoms with E-state index in [9.17, 15) is 15.2 Å². The highest BCUT2D eigenvalue weighted by molar-refractivity contribution is 5.95. The minimum absolute atomic E-state index is 0. The summed E-state index contributed by atoms with van der Waals surface area (Å²) >= 11 is 0. The molecule has 160 valence electrons. The number of hydrogen-bond acceptors (Lipinski definition) is 3. The van der Waals surface area contributed by atoms with E-state index in [1.165, 1.54) is 35.2 Å². The van der Waals surface area contributed by atoms with Gasteiger partial charge in [0.25, 0.3) is 5.69 Å². The predicted octanol–water partition coefficient (Wildman–Crippen LogP) is 6.63. The minimum atomic E-state index is -0.433. The molecule has 0 aromatic heterocycles. The molecule has 0 radical (unpaired) electrons. The Balaban J connectivity index is 0.00000148. The van der Waals surface area contributed by atoms with Crippen molar-refractivity contribution < 1.29 is 14.6 Å². The van der Waals surface area contributed by atoms with E-state index in [1.54, 1.807) is 0 Å². The Kier molecular flexibility index (Phi) is 10.3. The van der Waals surface area contributed by atoms with Gasteiger partial charge in [-0.2, -0.15) is 0 Å². The number of aromatic hydroxyl groups is 1. The Morgan fingerprint density at radius 1 is 1.03 bits per heavy atom. The van der Waals surface area contributed by atoms with E-state index in [4.69, 9.17) is 0 Å². The number of non-ortho nitro benzene ring substituents is 1. The second-order valence-corrected chi connectivity index (χ2v) is 6.72. The van der Waals surface area contributed by atoms with Gasteiger partial charge in [-0.15, -0.1) is 0 Å². The fourth-order valence-corrected chi connectivity index (χ4v) is 3.63. The van der Waals surface area contributed by atoms with E-state index in [0.717, 1.165) is 6.42 Å². The second-order valence-electron chi connectivity index (χ2n) is 6.72. The molecule has 3 rings (SSSR count). The number of aryl methyl sites for hydroxylation is 1. The van der Waals surface area contributed by atoms with Crippen LogP contribution in [0.1, 0.15) is 66.5 Å². The van der Waals surface area contributed by atoms with E-state index in [2.05, 4.69) is 37.6 Å². The van der Waals surface area contributed by atoms with Crippen LogP contribution >= 0.6 is 0 Å². The van der Waals surface area contributed by atoms with Crippen molar-refractivity contribution in [3.8, 4) is 5.75 Å². The monoisotopic (exact) mass is 401 g/mol. The maximum atomic E-state index is 10.9. The summed E-state index contributed by atoms with van der Waals surface area (Å²) in [6.07, 6.45) is 1.29. The first-order chi connectivity index (χ1) is 13.3. The van der Waals surface area contributed by atoms with E-state index in [1.807, 2.05) is 39.8 Å². The van der Waals surface area contributed by atoms with Crippen LogP contribution in [0.5, 0.6) is 5.75 Å². The number of rotatable bonds is 4. The van der Waals surface area contributed by atoms with E-state index >= 15 is 0 Å². The van der Waals surface area contributed by atoms with Crippen molar-refractivity contribution in [3.05, 3.63) is 63.7 Å².